The molecule has 0 aliphatic heterocycles. The van der Waals surface area contributed by atoms with Gasteiger partial charge in [-0.15, -0.1) is 0 Å². The van der Waals surface area contributed by atoms with Gasteiger partial charge in [-0.2, -0.15) is 0 Å². The van der Waals surface area contributed by atoms with Crippen molar-refractivity contribution in [3.05, 3.63) is 43.7 Å². The number of carbonyl (C=O) groups is 2. The Hall–Kier alpha value is -2.37. The Labute approximate surface area is 91.2 Å². The van der Waals surface area contributed by atoms with E-state index in [1.165, 1.54) is 6.26 Å². The smallest absolute Gasteiger partial charge is 0.333 e. The summed E-state index contributed by atoms with van der Waals surface area (Å²) in [7, 11) is 0. The van der Waals surface area contributed by atoms with E-state index in [-0.39, 0.29) is 5.69 Å². The van der Waals surface area contributed by atoms with Crippen LogP contribution in [0.1, 0.15) is 12.0 Å². The first-order valence-corrected chi connectivity index (χ1v) is 4.21. The van der Waals surface area contributed by atoms with E-state index in [0.29, 0.717) is 0 Å². The topological polar surface area (TPSA) is 78.6 Å². The molecule has 0 saturated heterocycles. The van der Waals surface area contributed by atoms with Crippen molar-refractivity contribution >= 4 is 11.9 Å². The van der Waals surface area contributed by atoms with E-state index in [2.05, 4.69) is 22.6 Å². The van der Waals surface area contributed by atoms with Crippen LogP contribution < -0.4 is 0 Å². The van der Waals surface area contributed by atoms with Gasteiger partial charge in [-0.3, -0.25) is 0 Å². The van der Waals surface area contributed by atoms with Crippen molar-refractivity contribution in [2.24, 2.45) is 0 Å². The molecule has 0 aliphatic rings. The summed E-state index contributed by atoms with van der Waals surface area (Å²) in [6.07, 6.45) is 2.92. The summed E-state index contributed by atoms with van der Waals surface area (Å²) in [4.78, 5) is 25.6. The minimum absolute atomic E-state index is 0.158. The van der Waals surface area contributed by atoms with Crippen LogP contribution in [0.25, 0.3) is 0 Å². The van der Waals surface area contributed by atoms with Gasteiger partial charge in [0, 0.05) is 12.2 Å². The molecule has 0 bridgehead atoms. The highest BCUT2D eigenvalue weighted by atomic mass is 16.7. The Kier molecular flexibility index (Phi) is 4.02. The first kappa shape index (κ1) is 11.7. The molecule has 0 amide bonds. The van der Waals surface area contributed by atoms with Gasteiger partial charge >= 0.3 is 11.9 Å². The Morgan fingerprint density at radius 3 is 2.25 bits per heavy atom. The van der Waals surface area contributed by atoms with Crippen molar-refractivity contribution in [3.8, 4) is 0 Å². The molecule has 1 aromatic heterocycles. The van der Waals surface area contributed by atoms with Gasteiger partial charge in [-0.1, -0.05) is 13.2 Å². The van der Waals surface area contributed by atoms with Crippen LogP contribution in [0.3, 0.4) is 0 Å². The second-order valence-electron chi connectivity index (χ2n) is 2.53. The highest BCUT2D eigenvalue weighted by molar-refractivity contribution is 5.83. The molecule has 0 fully saturated rings. The lowest BCUT2D eigenvalue weighted by Crippen LogP contribution is -2.16. The van der Waals surface area contributed by atoms with E-state index in [9.17, 15) is 9.59 Å². The summed E-state index contributed by atoms with van der Waals surface area (Å²) in [6.45, 7) is 6.43. The maximum atomic E-state index is 11.0. The Balaban J connectivity index is 2.77. The van der Waals surface area contributed by atoms with Gasteiger partial charge in [-0.25, -0.2) is 14.6 Å². The fourth-order valence-corrected chi connectivity index (χ4v) is 0.790. The zero-order valence-electron chi connectivity index (χ0n) is 8.29. The molecular formula is C10H9NO5. The predicted octanol–water partition coefficient (Wildman–Crippen LogP) is 1.13. The average molecular weight is 223 g/mol. The van der Waals surface area contributed by atoms with Crippen LogP contribution in [-0.2, 0) is 19.1 Å². The highest BCUT2D eigenvalue weighted by Gasteiger charge is 2.21. The number of carbonyl (C=O) groups excluding carboxylic acids is 2. The summed E-state index contributed by atoms with van der Waals surface area (Å²) in [5, 5.41) is 0. The van der Waals surface area contributed by atoms with Gasteiger partial charge in [0.15, 0.2) is 12.1 Å². The monoisotopic (exact) mass is 223 g/mol. The standard InChI is InChI=1S/C10H9NO5/c1-3-8(12)15-10(16-9(13)4-2)7-5-14-6-11-7/h3-6,10H,1-2H2. The molecule has 1 rings (SSSR count). The van der Waals surface area contributed by atoms with Gasteiger partial charge < -0.3 is 13.9 Å². The number of ether oxygens (including phenoxy) is 2. The van der Waals surface area contributed by atoms with Gasteiger partial charge in [0.05, 0.1) is 0 Å². The summed E-state index contributed by atoms with van der Waals surface area (Å²) in [5.41, 5.74) is 0.158. The van der Waals surface area contributed by atoms with Crippen LogP contribution in [-0.4, -0.2) is 16.9 Å². The quantitative estimate of drug-likeness (QED) is 0.423. The maximum Gasteiger partial charge on any atom is 0.333 e. The fourth-order valence-electron chi connectivity index (χ4n) is 0.790. The van der Waals surface area contributed by atoms with Gasteiger partial charge in [0.2, 0.25) is 0 Å². The van der Waals surface area contributed by atoms with Crippen molar-refractivity contribution in [3.63, 3.8) is 0 Å². The van der Waals surface area contributed by atoms with Gasteiger partial charge in [-0.05, 0) is 0 Å². The molecular weight excluding hydrogens is 214 g/mol. The van der Waals surface area contributed by atoms with E-state index in [1.807, 2.05) is 0 Å². The molecule has 0 aromatic carbocycles. The van der Waals surface area contributed by atoms with E-state index < -0.39 is 18.2 Å². The normalized spacial score (nSPS) is 9.56. The Bertz CT molecular complexity index is 373. The molecule has 1 aromatic rings. The summed E-state index contributed by atoms with van der Waals surface area (Å²) < 4.78 is 14.2. The average Bonchev–Trinajstić information content (AvgIpc) is 2.81. The summed E-state index contributed by atoms with van der Waals surface area (Å²) in [5.74, 6) is -1.49. The zero-order chi connectivity index (χ0) is 12.0. The van der Waals surface area contributed by atoms with Crippen molar-refractivity contribution in [1.29, 1.82) is 0 Å². The molecule has 1 heterocycles. The number of esters is 2. The number of rotatable bonds is 5. The van der Waals surface area contributed by atoms with Crippen molar-refractivity contribution in [2.45, 2.75) is 6.29 Å². The molecule has 0 aliphatic carbocycles. The lowest BCUT2D eigenvalue weighted by molar-refractivity contribution is -0.183. The molecule has 0 atom stereocenters. The van der Waals surface area contributed by atoms with E-state index in [0.717, 1.165) is 18.5 Å². The fraction of sp³-hybridized carbons (Fsp3) is 0.100. The van der Waals surface area contributed by atoms with Crippen molar-refractivity contribution < 1.29 is 23.5 Å². The highest BCUT2D eigenvalue weighted by Crippen LogP contribution is 2.17. The SMILES string of the molecule is C=CC(=O)OC(OC(=O)C=C)c1cocn1. The molecule has 6 heteroatoms. The molecule has 16 heavy (non-hydrogen) atoms. The molecule has 0 spiro atoms. The van der Waals surface area contributed by atoms with Crippen LogP contribution in [0.4, 0.5) is 0 Å². The first-order chi connectivity index (χ1) is 7.67. The number of aromatic nitrogens is 1. The molecule has 6 nitrogen and oxygen atoms in total. The second kappa shape index (κ2) is 5.50. The first-order valence-electron chi connectivity index (χ1n) is 4.21. The molecule has 0 unspecified atom stereocenters. The van der Waals surface area contributed by atoms with Crippen molar-refractivity contribution in [2.75, 3.05) is 0 Å². The Morgan fingerprint density at radius 1 is 1.31 bits per heavy atom. The van der Waals surface area contributed by atoms with E-state index in [4.69, 9.17) is 9.47 Å². The lowest BCUT2D eigenvalue weighted by Gasteiger charge is -2.13. The summed E-state index contributed by atoms with van der Waals surface area (Å²) in [6, 6.07) is 0. The lowest BCUT2D eigenvalue weighted by atomic mass is 10.4. The minimum Gasteiger partial charge on any atom is -0.451 e. The third-order valence-electron chi connectivity index (χ3n) is 1.47. The number of oxazole rings is 1. The van der Waals surface area contributed by atoms with Crippen LogP contribution in [0.2, 0.25) is 0 Å². The summed E-state index contributed by atoms with van der Waals surface area (Å²) >= 11 is 0. The second-order valence-corrected chi connectivity index (χ2v) is 2.53. The van der Waals surface area contributed by atoms with Crippen LogP contribution in [0, 0.1) is 0 Å². The van der Waals surface area contributed by atoms with Crippen LogP contribution in [0.5, 0.6) is 0 Å². The third kappa shape index (κ3) is 3.09. The minimum atomic E-state index is -1.27. The van der Waals surface area contributed by atoms with Crippen LogP contribution in [0.15, 0.2) is 42.4 Å². The maximum absolute atomic E-state index is 11.0. The van der Waals surface area contributed by atoms with Gasteiger partial charge in [0.25, 0.3) is 6.29 Å². The van der Waals surface area contributed by atoms with Crippen molar-refractivity contribution in [1.82, 2.24) is 4.98 Å². The number of hydrogen-bond donors (Lipinski definition) is 0. The van der Waals surface area contributed by atoms with Gasteiger partial charge in [0.1, 0.15) is 6.26 Å². The third-order valence-corrected chi connectivity index (χ3v) is 1.47. The van der Waals surface area contributed by atoms with E-state index >= 15 is 0 Å². The molecule has 84 valence electrons. The van der Waals surface area contributed by atoms with E-state index in [1.54, 1.807) is 0 Å². The Morgan fingerprint density at radius 2 is 1.88 bits per heavy atom. The number of hydrogen-bond acceptors (Lipinski definition) is 6. The predicted molar refractivity (Wildman–Crippen MR) is 51.8 cm³/mol. The molecule has 0 radical (unpaired) electrons. The van der Waals surface area contributed by atoms with Crippen LogP contribution >= 0.6 is 0 Å². The molecule has 0 N–H and O–H groups in total. The molecule has 0 saturated carbocycles. The zero-order valence-corrected chi connectivity index (χ0v) is 8.29. The largest absolute Gasteiger partial charge is 0.451 e. The number of nitrogens with zero attached hydrogens (tertiary/aromatic N) is 1.